The van der Waals surface area contributed by atoms with Crippen molar-refractivity contribution in [1.29, 1.82) is 0 Å². The van der Waals surface area contributed by atoms with Crippen LogP contribution in [0.2, 0.25) is 0 Å². The average Bonchev–Trinajstić information content (AvgIpc) is 2.50. The summed E-state index contributed by atoms with van der Waals surface area (Å²) in [7, 11) is -4.47. The Morgan fingerprint density at radius 2 is 1.89 bits per heavy atom. The molecule has 2 saturated heterocycles. The van der Waals surface area contributed by atoms with Crippen molar-refractivity contribution >= 4 is 26.8 Å². The maximum Gasteiger partial charge on any atom is 0.534 e. The minimum absolute atomic E-state index is 0.00149. The smallest absolute Gasteiger partial charge is 0.380 e. The molecule has 2 aromatic heterocycles. The van der Waals surface area contributed by atoms with Crippen molar-refractivity contribution in [2.24, 2.45) is 12.5 Å². The molecule has 0 unspecified atom stereocenters. The highest BCUT2D eigenvalue weighted by atomic mass is 32.2. The molecule has 12 heteroatoms. The molecule has 152 valence electrons. The largest absolute Gasteiger partial charge is 0.534 e. The topological polar surface area (TPSA) is 90.7 Å². The number of anilines is 1. The number of nitrogens with zero attached hydrogens (tertiary/aromatic N) is 3. The minimum Gasteiger partial charge on any atom is -0.380 e. The van der Waals surface area contributed by atoms with Gasteiger partial charge in [0, 0.05) is 31.8 Å². The summed E-state index contributed by atoms with van der Waals surface area (Å²) in [5.41, 5.74) is -5.53. The monoisotopic (exact) mass is 419 g/mol. The SMILES string of the molecule is Cc1cc2c(OS(=O)(=O)C(F)(F)F)nc(N3CC4(COC4)C3)cc2n(C)c1=O. The van der Waals surface area contributed by atoms with Crippen molar-refractivity contribution in [3.05, 3.63) is 28.0 Å². The van der Waals surface area contributed by atoms with Gasteiger partial charge in [-0.2, -0.15) is 26.6 Å². The highest BCUT2D eigenvalue weighted by Crippen LogP contribution is 2.41. The summed E-state index contributed by atoms with van der Waals surface area (Å²) in [5, 5.41) is -0.00149. The molecule has 2 aromatic rings. The number of halogens is 3. The summed E-state index contributed by atoms with van der Waals surface area (Å²) in [4.78, 5) is 18.0. The van der Waals surface area contributed by atoms with Crippen LogP contribution in [0.15, 0.2) is 16.9 Å². The summed E-state index contributed by atoms with van der Waals surface area (Å²) in [5.74, 6) is -0.481. The number of hydrogen-bond donors (Lipinski definition) is 0. The molecule has 1 spiro atoms. The number of hydrogen-bond acceptors (Lipinski definition) is 7. The first-order chi connectivity index (χ1) is 12.9. The fraction of sp³-hybridized carbons (Fsp3) is 0.500. The van der Waals surface area contributed by atoms with Crippen LogP contribution in [-0.2, 0) is 21.9 Å². The lowest BCUT2D eigenvalue weighted by Crippen LogP contribution is -2.66. The predicted molar refractivity (Wildman–Crippen MR) is 92.8 cm³/mol. The third kappa shape index (κ3) is 2.82. The molecule has 2 aliphatic rings. The van der Waals surface area contributed by atoms with Gasteiger partial charge in [0.1, 0.15) is 5.82 Å². The third-order valence-electron chi connectivity index (χ3n) is 5.02. The van der Waals surface area contributed by atoms with E-state index in [1.807, 2.05) is 0 Å². The van der Waals surface area contributed by atoms with E-state index in [4.69, 9.17) is 4.74 Å². The van der Waals surface area contributed by atoms with Crippen molar-refractivity contribution in [3.8, 4) is 5.88 Å². The molecule has 0 aromatic carbocycles. The number of aromatic nitrogens is 2. The Hall–Kier alpha value is -2.34. The average molecular weight is 419 g/mol. The van der Waals surface area contributed by atoms with Crippen LogP contribution in [-0.4, -0.2) is 49.8 Å². The first kappa shape index (κ1) is 19.0. The quantitative estimate of drug-likeness (QED) is 0.547. The summed E-state index contributed by atoms with van der Waals surface area (Å²) in [6.45, 7) is 3.77. The highest BCUT2D eigenvalue weighted by Gasteiger charge is 2.51. The second-order valence-electron chi connectivity index (χ2n) is 7.24. The van der Waals surface area contributed by atoms with E-state index < -0.39 is 21.5 Å². The molecule has 4 heterocycles. The summed E-state index contributed by atoms with van der Waals surface area (Å²) in [6, 6.07) is 2.81. The zero-order chi connectivity index (χ0) is 20.5. The first-order valence-electron chi connectivity index (χ1n) is 8.27. The number of rotatable bonds is 3. The molecule has 0 bridgehead atoms. The van der Waals surface area contributed by atoms with Gasteiger partial charge in [-0.05, 0) is 13.0 Å². The van der Waals surface area contributed by atoms with Gasteiger partial charge in [0.05, 0.1) is 29.5 Å². The molecule has 8 nitrogen and oxygen atoms in total. The van der Waals surface area contributed by atoms with Crippen molar-refractivity contribution in [3.63, 3.8) is 0 Å². The van der Waals surface area contributed by atoms with E-state index in [2.05, 4.69) is 9.17 Å². The van der Waals surface area contributed by atoms with Gasteiger partial charge in [-0.3, -0.25) is 4.79 Å². The Labute approximate surface area is 157 Å². The van der Waals surface area contributed by atoms with Crippen LogP contribution in [0.3, 0.4) is 0 Å². The molecule has 0 amide bonds. The van der Waals surface area contributed by atoms with Crippen molar-refractivity contribution in [1.82, 2.24) is 9.55 Å². The lowest BCUT2D eigenvalue weighted by molar-refractivity contribution is -0.127. The lowest BCUT2D eigenvalue weighted by Gasteiger charge is -2.55. The first-order valence-corrected chi connectivity index (χ1v) is 9.68. The fourth-order valence-corrected chi connectivity index (χ4v) is 3.88. The Bertz CT molecular complexity index is 1130. The molecule has 0 saturated carbocycles. The maximum atomic E-state index is 12.8. The Morgan fingerprint density at radius 3 is 2.43 bits per heavy atom. The zero-order valence-corrected chi connectivity index (χ0v) is 15.7. The van der Waals surface area contributed by atoms with Gasteiger partial charge < -0.3 is 18.4 Å². The zero-order valence-electron chi connectivity index (χ0n) is 14.9. The molecule has 2 fully saturated rings. The lowest BCUT2D eigenvalue weighted by atomic mass is 9.78. The Balaban J connectivity index is 1.85. The van der Waals surface area contributed by atoms with E-state index in [0.717, 1.165) is 0 Å². The van der Waals surface area contributed by atoms with Gasteiger partial charge in [-0.25, -0.2) is 0 Å². The molecule has 28 heavy (non-hydrogen) atoms. The third-order valence-corrected chi connectivity index (χ3v) is 5.96. The van der Waals surface area contributed by atoms with Crippen LogP contribution in [0.4, 0.5) is 19.0 Å². The standard InChI is InChI=1S/C16H16F3N3O5S/c1-9-3-10-11(21(2)14(9)23)4-12(22-5-15(6-22)7-26-8-15)20-13(10)27-28(24,25)16(17,18)19/h3-4H,5-8H2,1-2H3. The van der Waals surface area contributed by atoms with Crippen LogP contribution < -0.4 is 14.6 Å². The van der Waals surface area contributed by atoms with Crippen LogP contribution >= 0.6 is 0 Å². The molecular weight excluding hydrogens is 403 g/mol. The predicted octanol–water partition coefficient (Wildman–Crippen LogP) is 1.31. The van der Waals surface area contributed by atoms with E-state index in [-0.39, 0.29) is 33.3 Å². The Morgan fingerprint density at radius 1 is 1.25 bits per heavy atom. The van der Waals surface area contributed by atoms with Gasteiger partial charge >= 0.3 is 15.6 Å². The van der Waals surface area contributed by atoms with Gasteiger partial charge in [-0.1, -0.05) is 0 Å². The molecule has 0 atom stereocenters. The maximum absolute atomic E-state index is 12.8. The molecule has 2 aliphatic heterocycles. The van der Waals surface area contributed by atoms with E-state index >= 15 is 0 Å². The minimum atomic E-state index is -5.91. The number of pyridine rings is 2. The molecular formula is C16H16F3N3O5S. The number of ether oxygens (including phenoxy) is 1. The number of aryl methyl sites for hydroxylation is 2. The fourth-order valence-electron chi connectivity index (χ4n) is 3.45. The molecule has 0 radical (unpaired) electrons. The summed E-state index contributed by atoms with van der Waals surface area (Å²) < 4.78 is 72.3. The van der Waals surface area contributed by atoms with E-state index in [0.29, 0.717) is 26.3 Å². The van der Waals surface area contributed by atoms with Crippen LogP contribution in [0.25, 0.3) is 10.9 Å². The van der Waals surface area contributed by atoms with Crippen LogP contribution in [0.1, 0.15) is 5.56 Å². The molecule has 4 rings (SSSR count). The Kier molecular flexibility index (Phi) is 3.96. The van der Waals surface area contributed by atoms with E-state index in [1.165, 1.54) is 30.7 Å². The van der Waals surface area contributed by atoms with Crippen LogP contribution in [0, 0.1) is 12.3 Å². The van der Waals surface area contributed by atoms with Crippen molar-refractivity contribution in [2.45, 2.75) is 12.4 Å². The number of alkyl halides is 3. The summed E-state index contributed by atoms with van der Waals surface area (Å²) >= 11 is 0. The number of fused-ring (bicyclic) bond motifs is 1. The second kappa shape index (κ2) is 5.83. The summed E-state index contributed by atoms with van der Waals surface area (Å²) in [6.07, 6.45) is 0. The van der Waals surface area contributed by atoms with Crippen LogP contribution in [0.5, 0.6) is 5.88 Å². The normalized spacial score (nSPS) is 18.8. The van der Waals surface area contributed by atoms with Crippen molar-refractivity contribution < 1.29 is 30.5 Å². The molecule has 0 aliphatic carbocycles. The highest BCUT2D eigenvalue weighted by molar-refractivity contribution is 7.88. The van der Waals surface area contributed by atoms with E-state index in [1.54, 1.807) is 4.90 Å². The van der Waals surface area contributed by atoms with Gasteiger partial charge in [0.15, 0.2) is 0 Å². The van der Waals surface area contributed by atoms with E-state index in [9.17, 15) is 26.4 Å². The molecule has 0 N–H and O–H groups in total. The second-order valence-corrected chi connectivity index (χ2v) is 8.78. The van der Waals surface area contributed by atoms with Gasteiger partial charge in [0.2, 0.25) is 5.88 Å². The van der Waals surface area contributed by atoms with Crippen molar-refractivity contribution in [2.75, 3.05) is 31.2 Å². The van der Waals surface area contributed by atoms with Gasteiger partial charge in [0.25, 0.3) is 5.56 Å². The van der Waals surface area contributed by atoms with Gasteiger partial charge in [-0.15, -0.1) is 0 Å².